The van der Waals surface area contributed by atoms with Crippen molar-refractivity contribution >= 4 is 11.8 Å². The Balaban J connectivity index is 2.49. The summed E-state index contributed by atoms with van der Waals surface area (Å²) >= 11 is 2.04. The van der Waals surface area contributed by atoms with Gasteiger partial charge in [0.2, 0.25) is 0 Å². The van der Waals surface area contributed by atoms with Crippen molar-refractivity contribution in [3.8, 4) is 0 Å². The summed E-state index contributed by atoms with van der Waals surface area (Å²) in [5.74, 6) is 2.41. The molecule has 1 atom stereocenters. The van der Waals surface area contributed by atoms with Gasteiger partial charge in [-0.2, -0.15) is 11.8 Å². The first-order chi connectivity index (χ1) is 7.54. The summed E-state index contributed by atoms with van der Waals surface area (Å²) < 4.78 is 0. The molecule has 3 heteroatoms. The average molecular weight is 242 g/mol. The van der Waals surface area contributed by atoms with Crippen LogP contribution in [0.5, 0.6) is 0 Å². The largest absolute Gasteiger partial charge is 0.329 e. The van der Waals surface area contributed by atoms with Crippen LogP contribution in [0.4, 0.5) is 0 Å². The van der Waals surface area contributed by atoms with Gasteiger partial charge in [-0.1, -0.05) is 26.0 Å². The Morgan fingerprint density at radius 1 is 1.38 bits per heavy atom. The van der Waals surface area contributed by atoms with Gasteiger partial charge in [-0.15, -0.1) is 0 Å². The molecular weight excluding hydrogens is 216 g/mol. The van der Waals surface area contributed by atoms with Crippen molar-refractivity contribution in [2.75, 3.05) is 24.6 Å². The molecule has 0 aromatic rings. The Hall–Kier alpha value is 0.0100. The molecule has 0 bridgehead atoms. The number of nitrogens with one attached hydrogen (secondary N) is 1. The Morgan fingerprint density at radius 3 is 2.69 bits per heavy atom. The van der Waals surface area contributed by atoms with Crippen LogP contribution in [-0.4, -0.2) is 30.1 Å². The molecule has 0 aromatic carbocycles. The fourth-order valence-corrected chi connectivity index (χ4v) is 3.91. The number of hydrogen-bond acceptors (Lipinski definition) is 3. The molecule has 94 valence electrons. The van der Waals surface area contributed by atoms with Crippen LogP contribution in [0.1, 0.15) is 33.6 Å². The van der Waals surface area contributed by atoms with E-state index in [1.165, 1.54) is 12.2 Å². The number of rotatable bonds is 5. The molecule has 1 saturated heterocycles. The maximum absolute atomic E-state index is 5.98. The van der Waals surface area contributed by atoms with E-state index in [4.69, 9.17) is 5.73 Å². The van der Waals surface area contributed by atoms with Gasteiger partial charge in [0.1, 0.15) is 0 Å². The van der Waals surface area contributed by atoms with Gasteiger partial charge in [-0.3, -0.25) is 0 Å². The third-order valence-corrected chi connectivity index (χ3v) is 4.87. The minimum atomic E-state index is 0.161. The molecule has 0 spiro atoms. The smallest absolute Gasteiger partial charge is 0.0400 e. The zero-order chi connectivity index (χ0) is 12.1. The van der Waals surface area contributed by atoms with E-state index in [1.807, 2.05) is 11.8 Å². The standard InChI is InChI=1S/C13H26N2S/c1-4-5-6-7-15-13(9-14)8-12(2,3)10-16-11-13/h4-5,15H,6-11,14H2,1-3H3/b5-4+. The zero-order valence-electron chi connectivity index (χ0n) is 10.9. The summed E-state index contributed by atoms with van der Waals surface area (Å²) in [6.07, 6.45) is 6.61. The van der Waals surface area contributed by atoms with Crippen LogP contribution in [0, 0.1) is 5.41 Å². The lowest BCUT2D eigenvalue weighted by Gasteiger charge is -2.44. The highest BCUT2D eigenvalue weighted by atomic mass is 32.2. The SMILES string of the molecule is C/C=C/CCNC1(CN)CSCC(C)(C)C1. The topological polar surface area (TPSA) is 38.0 Å². The van der Waals surface area contributed by atoms with E-state index >= 15 is 0 Å². The summed E-state index contributed by atoms with van der Waals surface area (Å²) in [4.78, 5) is 0. The van der Waals surface area contributed by atoms with Gasteiger partial charge in [-0.25, -0.2) is 0 Å². The maximum atomic E-state index is 5.98. The molecule has 0 radical (unpaired) electrons. The van der Waals surface area contributed by atoms with Gasteiger partial charge in [0, 0.05) is 17.8 Å². The van der Waals surface area contributed by atoms with Crippen molar-refractivity contribution in [1.29, 1.82) is 0 Å². The molecular formula is C13H26N2S. The van der Waals surface area contributed by atoms with Gasteiger partial charge >= 0.3 is 0 Å². The van der Waals surface area contributed by atoms with Crippen LogP contribution in [0.3, 0.4) is 0 Å². The summed E-state index contributed by atoms with van der Waals surface area (Å²) in [7, 11) is 0. The highest BCUT2D eigenvalue weighted by molar-refractivity contribution is 7.99. The minimum Gasteiger partial charge on any atom is -0.329 e. The molecule has 0 aromatic heterocycles. The molecule has 0 aliphatic carbocycles. The lowest BCUT2D eigenvalue weighted by Crippen LogP contribution is -2.58. The van der Waals surface area contributed by atoms with E-state index < -0.39 is 0 Å². The fourth-order valence-electron chi connectivity index (χ4n) is 2.44. The van der Waals surface area contributed by atoms with Gasteiger partial charge < -0.3 is 11.1 Å². The molecule has 1 fully saturated rings. The average Bonchev–Trinajstić information content (AvgIpc) is 2.23. The predicted molar refractivity (Wildman–Crippen MR) is 74.9 cm³/mol. The van der Waals surface area contributed by atoms with Crippen molar-refractivity contribution in [2.45, 2.75) is 39.2 Å². The Labute approximate surface area is 104 Å². The molecule has 2 nitrogen and oxygen atoms in total. The van der Waals surface area contributed by atoms with E-state index in [-0.39, 0.29) is 5.54 Å². The van der Waals surface area contributed by atoms with Gasteiger partial charge in [0.15, 0.2) is 0 Å². The molecule has 3 N–H and O–H groups in total. The number of hydrogen-bond donors (Lipinski definition) is 2. The minimum absolute atomic E-state index is 0.161. The van der Waals surface area contributed by atoms with Crippen LogP contribution in [-0.2, 0) is 0 Å². The lowest BCUT2D eigenvalue weighted by atomic mass is 9.79. The summed E-state index contributed by atoms with van der Waals surface area (Å²) in [6, 6.07) is 0. The predicted octanol–water partition coefficient (Wildman–Crippen LogP) is 2.40. The summed E-state index contributed by atoms with van der Waals surface area (Å²) in [6.45, 7) is 8.55. The van der Waals surface area contributed by atoms with E-state index in [2.05, 4.69) is 38.2 Å². The molecule has 1 aliphatic heterocycles. The van der Waals surface area contributed by atoms with E-state index in [0.717, 1.165) is 25.3 Å². The normalized spacial score (nSPS) is 29.8. The van der Waals surface area contributed by atoms with Crippen molar-refractivity contribution in [2.24, 2.45) is 11.1 Å². The second-order valence-corrected chi connectivity index (χ2v) is 6.59. The molecule has 1 rings (SSSR count). The Morgan fingerprint density at radius 2 is 2.12 bits per heavy atom. The Kier molecular flexibility index (Phi) is 5.35. The molecule has 1 unspecified atom stereocenters. The van der Waals surface area contributed by atoms with Crippen molar-refractivity contribution < 1.29 is 0 Å². The van der Waals surface area contributed by atoms with Crippen LogP contribution in [0.2, 0.25) is 0 Å². The maximum Gasteiger partial charge on any atom is 0.0400 e. The fraction of sp³-hybridized carbons (Fsp3) is 0.846. The van der Waals surface area contributed by atoms with Crippen LogP contribution in [0.25, 0.3) is 0 Å². The second-order valence-electron chi connectivity index (χ2n) is 5.60. The molecule has 1 aliphatic rings. The van der Waals surface area contributed by atoms with Crippen molar-refractivity contribution in [3.05, 3.63) is 12.2 Å². The zero-order valence-corrected chi connectivity index (χ0v) is 11.7. The highest BCUT2D eigenvalue weighted by Gasteiger charge is 2.38. The third kappa shape index (κ3) is 4.11. The summed E-state index contributed by atoms with van der Waals surface area (Å²) in [5, 5.41) is 3.68. The first-order valence-corrected chi connectivity index (χ1v) is 7.33. The number of allylic oxidation sites excluding steroid dienone is 1. The monoisotopic (exact) mass is 242 g/mol. The van der Waals surface area contributed by atoms with Crippen molar-refractivity contribution in [3.63, 3.8) is 0 Å². The highest BCUT2D eigenvalue weighted by Crippen LogP contribution is 2.38. The lowest BCUT2D eigenvalue weighted by molar-refractivity contribution is 0.230. The first kappa shape index (κ1) is 14.1. The third-order valence-electron chi connectivity index (χ3n) is 3.13. The Bertz CT molecular complexity index is 238. The van der Waals surface area contributed by atoms with E-state index in [9.17, 15) is 0 Å². The van der Waals surface area contributed by atoms with E-state index in [0.29, 0.717) is 5.41 Å². The van der Waals surface area contributed by atoms with Gasteiger partial charge in [0.05, 0.1) is 0 Å². The van der Waals surface area contributed by atoms with Gasteiger partial charge in [-0.05, 0) is 37.5 Å². The second kappa shape index (κ2) is 6.08. The number of thioether (sulfide) groups is 1. The first-order valence-electron chi connectivity index (χ1n) is 6.18. The molecule has 16 heavy (non-hydrogen) atoms. The van der Waals surface area contributed by atoms with Gasteiger partial charge in [0.25, 0.3) is 0 Å². The quantitative estimate of drug-likeness (QED) is 0.574. The molecule has 0 amide bonds. The molecule has 1 heterocycles. The van der Waals surface area contributed by atoms with Crippen LogP contribution < -0.4 is 11.1 Å². The number of nitrogens with two attached hydrogens (primary N) is 1. The van der Waals surface area contributed by atoms with Crippen molar-refractivity contribution in [1.82, 2.24) is 5.32 Å². The van der Waals surface area contributed by atoms with Crippen LogP contribution >= 0.6 is 11.8 Å². The molecule has 0 saturated carbocycles. The van der Waals surface area contributed by atoms with Crippen LogP contribution in [0.15, 0.2) is 12.2 Å². The van der Waals surface area contributed by atoms with E-state index in [1.54, 1.807) is 0 Å². The summed E-state index contributed by atoms with van der Waals surface area (Å²) in [5.41, 5.74) is 6.55.